The molecule has 1 spiro atoms. The number of aliphatic hydroxyl groups is 1. The molecule has 0 radical (unpaired) electrons. The number of halogens is 1. The van der Waals surface area contributed by atoms with Crippen LogP contribution < -0.4 is 0 Å². The highest BCUT2D eigenvalue weighted by Gasteiger charge is 2.77. The Kier molecular flexibility index (Phi) is 7.48. The van der Waals surface area contributed by atoms with Crippen molar-refractivity contribution in [1.82, 2.24) is 9.80 Å². The fourth-order valence-corrected chi connectivity index (χ4v) is 6.33. The minimum atomic E-state index is -1.13. The van der Waals surface area contributed by atoms with Crippen LogP contribution >= 0.6 is 15.9 Å². The van der Waals surface area contributed by atoms with E-state index in [-0.39, 0.29) is 29.9 Å². The molecule has 3 saturated heterocycles. The van der Waals surface area contributed by atoms with Gasteiger partial charge in [-0.1, -0.05) is 35.4 Å². The normalized spacial score (nSPS) is 34.5. The van der Waals surface area contributed by atoms with Gasteiger partial charge in [0.05, 0.1) is 37.2 Å². The number of esters is 1. The lowest BCUT2D eigenvalue weighted by molar-refractivity contribution is -0.156. The van der Waals surface area contributed by atoms with Gasteiger partial charge in [-0.2, -0.15) is 0 Å². The summed E-state index contributed by atoms with van der Waals surface area (Å²) in [5, 5.41) is 9.86. The first kappa shape index (κ1) is 24.2. The van der Waals surface area contributed by atoms with Crippen LogP contribution in [0.4, 0.5) is 0 Å². The second-order valence-electron chi connectivity index (χ2n) is 8.62. The number of ether oxygens (including phenoxy) is 2. The minimum Gasteiger partial charge on any atom is -0.466 e. The number of carbonyl (C=O) groups excluding carboxylic acids is 3. The van der Waals surface area contributed by atoms with E-state index in [1.807, 2.05) is 6.92 Å². The van der Waals surface area contributed by atoms with Crippen LogP contribution in [-0.2, 0) is 23.9 Å². The highest BCUT2D eigenvalue weighted by molar-refractivity contribution is 9.09. The van der Waals surface area contributed by atoms with Gasteiger partial charge in [-0.15, -0.1) is 6.58 Å². The number of hydrogen-bond donors (Lipinski definition) is 1. The molecule has 0 aromatic heterocycles. The molecule has 0 aromatic carbocycles. The fraction of sp³-hybridized carbons (Fsp3) is 0.773. The maximum absolute atomic E-state index is 13.8. The second-order valence-corrected chi connectivity index (χ2v) is 9.80. The molecule has 31 heavy (non-hydrogen) atoms. The Bertz CT molecular complexity index is 733. The van der Waals surface area contributed by atoms with E-state index in [4.69, 9.17) is 9.47 Å². The van der Waals surface area contributed by atoms with E-state index in [2.05, 4.69) is 22.5 Å². The van der Waals surface area contributed by atoms with E-state index in [0.717, 1.165) is 12.8 Å². The first-order valence-corrected chi connectivity index (χ1v) is 12.0. The number of hydrogen-bond acceptors (Lipinski definition) is 6. The number of aliphatic hydroxyl groups excluding tert-OH is 1. The van der Waals surface area contributed by atoms with Crippen LogP contribution in [0, 0.1) is 11.8 Å². The molecule has 0 saturated carbocycles. The lowest BCUT2D eigenvalue weighted by Gasteiger charge is -2.38. The van der Waals surface area contributed by atoms with Crippen molar-refractivity contribution in [3.63, 3.8) is 0 Å². The summed E-state index contributed by atoms with van der Waals surface area (Å²) in [5.74, 6) is -2.61. The summed E-state index contributed by atoms with van der Waals surface area (Å²) in [5.41, 5.74) is -1.13. The smallest absolute Gasteiger partial charge is 0.312 e. The van der Waals surface area contributed by atoms with Gasteiger partial charge in [0.25, 0.3) is 0 Å². The van der Waals surface area contributed by atoms with Crippen molar-refractivity contribution in [2.24, 2.45) is 11.8 Å². The first-order chi connectivity index (χ1) is 14.8. The van der Waals surface area contributed by atoms with Crippen molar-refractivity contribution in [3.8, 4) is 0 Å². The van der Waals surface area contributed by atoms with Crippen LogP contribution in [0.25, 0.3) is 0 Å². The topological polar surface area (TPSA) is 96.4 Å². The Balaban J connectivity index is 2.06. The van der Waals surface area contributed by atoms with Crippen molar-refractivity contribution in [1.29, 1.82) is 0 Å². The molecular weight excluding hydrogens is 468 g/mol. The van der Waals surface area contributed by atoms with Gasteiger partial charge < -0.3 is 24.4 Å². The molecular formula is C22H33BrN2O6. The number of fused-ring (bicyclic) bond motifs is 1. The Hall–Kier alpha value is -1.45. The van der Waals surface area contributed by atoms with Crippen molar-refractivity contribution in [2.45, 2.75) is 68.6 Å². The van der Waals surface area contributed by atoms with Gasteiger partial charge in [-0.25, -0.2) is 0 Å². The molecule has 9 heteroatoms. The maximum atomic E-state index is 13.8. The molecule has 3 fully saturated rings. The van der Waals surface area contributed by atoms with Crippen molar-refractivity contribution in [2.75, 3.05) is 26.3 Å². The number of unbranched alkanes of at least 4 members (excludes halogenated alkanes) is 1. The summed E-state index contributed by atoms with van der Waals surface area (Å²) in [6, 6.07) is -1.49. The van der Waals surface area contributed by atoms with Gasteiger partial charge in [0.15, 0.2) is 0 Å². The molecule has 3 aliphatic heterocycles. The van der Waals surface area contributed by atoms with Crippen LogP contribution in [-0.4, -0.2) is 87.6 Å². The SMILES string of the molecule is C=CCN(CCCC)C(=O)C1N([C@H](C)CO)C(=O)[C@@H]2[C@H](C(=O)OCC)[C@H]3OC12CC3Br. The fourth-order valence-electron chi connectivity index (χ4n) is 5.39. The van der Waals surface area contributed by atoms with Gasteiger partial charge in [-0.05, 0) is 26.7 Å². The van der Waals surface area contributed by atoms with Crippen LogP contribution in [0.5, 0.6) is 0 Å². The molecule has 0 aliphatic carbocycles. The molecule has 2 bridgehead atoms. The van der Waals surface area contributed by atoms with Gasteiger partial charge >= 0.3 is 5.97 Å². The van der Waals surface area contributed by atoms with Crippen molar-refractivity contribution in [3.05, 3.63) is 12.7 Å². The molecule has 0 aromatic rings. The summed E-state index contributed by atoms with van der Waals surface area (Å²) in [6.45, 7) is 10.0. The van der Waals surface area contributed by atoms with E-state index in [1.54, 1.807) is 24.8 Å². The zero-order valence-electron chi connectivity index (χ0n) is 18.5. The third kappa shape index (κ3) is 3.82. The van der Waals surface area contributed by atoms with Crippen LogP contribution in [0.1, 0.15) is 40.0 Å². The summed E-state index contributed by atoms with van der Waals surface area (Å²) in [7, 11) is 0. The maximum Gasteiger partial charge on any atom is 0.312 e. The Morgan fingerprint density at radius 2 is 2.19 bits per heavy atom. The summed E-state index contributed by atoms with van der Waals surface area (Å²) in [6.07, 6.45) is 3.31. The van der Waals surface area contributed by atoms with E-state index in [1.165, 1.54) is 4.90 Å². The largest absolute Gasteiger partial charge is 0.466 e. The first-order valence-electron chi connectivity index (χ1n) is 11.1. The third-order valence-electron chi connectivity index (χ3n) is 6.70. The Morgan fingerprint density at radius 1 is 1.48 bits per heavy atom. The molecule has 174 valence electrons. The summed E-state index contributed by atoms with van der Waals surface area (Å²) >= 11 is 3.61. The van der Waals surface area contributed by atoms with Crippen LogP contribution in [0.3, 0.4) is 0 Å². The van der Waals surface area contributed by atoms with Gasteiger partial charge in [0, 0.05) is 17.9 Å². The molecule has 3 aliphatic rings. The number of amides is 2. The number of alkyl halides is 1. The van der Waals surface area contributed by atoms with Crippen molar-refractivity contribution < 1.29 is 29.0 Å². The van der Waals surface area contributed by atoms with E-state index >= 15 is 0 Å². The lowest BCUT2D eigenvalue weighted by Crippen LogP contribution is -2.58. The monoisotopic (exact) mass is 500 g/mol. The van der Waals surface area contributed by atoms with Crippen molar-refractivity contribution >= 4 is 33.7 Å². The number of likely N-dealkylation sites (tertiary alicyclic amines) is 1. The number of rotatable bonds is 10. The average Bonchev–Trinajstić information content (AvgIpc) is 3.33. The van der Waals surface area contributed by atoms with Crippen LogP contribution in [0.15, 0.2) is 12.7 Å². The minimum absolute atomic E-state index is 0.172. The second kappa shape index (κ2) is 9.58. The summed E-state index contributed by atoms with van der Waals surface area (Å²) in [4.78, 5) is 43.3. The molecule has 3 unspecified atom stereocenters. The number of carbonyl (C=O) groups is 3. The Labute approximate surface area is 192 Å². The molecule has 7 atom stereocenters. The molecule has 8 nitrogen and oxygen atoms in total. The number of nitrogens with zero attached hydrogens (tertiary/aromatic N) is 2. The highest BCUT2D eigenvalue weighted by atomic mass is 79.9. The zero-order chi connectivity index (χ0) is 22.9. The molecule has 1 N–H and O–H groups in total. The van der Waals surface area contributed by atoms with E-state index < -0.39 is 41.6 Å². The molecule has 3 rings (SSSR count). The van der Waals surface area contributed by atoms with E-state index in [9.17, 15) is 19.5 Å². The molecule has 3 heterocycles. The standard InChI is InChI=1S/C22H33BrN2O6/c1-5-8-10-24(9-6-2)20(28)18-22-11-14(23)17(31-22)15(21(29)30-7-3)16(22)19(27)25(18)13(4)12-26/h6,13-18,26H,2,5,7-12H2,1,3-4H3/t13-,14?,15+,16+,17+,18?,22?/m1/s1. The predicted octanol–water partition coefficient (Wildman–Crippen LogP) is 1.49. The van der Waals surface area contributed by atoms with E-state index in [0.29, 0.717) is 19.5 Å². The highest BCUT2D eigenvalue weighted by Crippen LogP contribution is 2.60. The predicted molar refractivity (Wildman–Crippen MR) is 117 cm³/mol. The Morgan fingerprint density at radius 3 is 2.77 bits per heavy atom. The lowest BCUT2D eigenvalue weighted by atomic mass is 9.70. The average molecular weight is 501 g/mol. The van der Waals surface area contributed by atoms with Crippen LogP contribution in [0.2, 0.25) is 0 Å². The third-order valence-corrected chi connectivity index (χ3v) is 7.55. The van der Waals surface area contributed by atoms with Gasteiger partial charge in [0.2, 0.25) is 11.8 Å². The van der Waals surface area contributed by atoms with Gasteiger partial charge in [0.1, 0.15) is 11.6 Å². The zero-order valence-corrected chi connectivity index (χ0v) is 20.0. The molecule has 2 amide bonds. The quantitative estimate of drug-likeness (QED) is 0.277. The van der Waals surface area contributed by atoms with Gasteiger partial charge in [-0.3, -0.25) is 14.4 Å². The summed E-state index contributed by atoms with van der Waals surface area (Å²) < 4.78 is 11.6.